The minimum absolute atomic E-state index is 0. The smallest absolute Gasteiger partial charge is 0.738 e. The van der Waals surface area contributed by atoms with Crippen molar-refractivity contribution in [3.05, 3.63) is 24.3 Å². The van der Waals surface area contributed by atoms with Gasteiger partial charge in [-0.1, -0.05) is 12.1 Å². The van der Waals surface area contributed by atoms with Gasteiger partial charge in [-0.05, 0) is 22.6 Å². The van der Waals surface area contributed by atoms with Crippen LogP contribution in [0.2, 0.25) is 0 Å². The van der Waals surface area contributed by atoms with Crippen molar-refractivity contribution in [3.8, 4) is 11.4 Å². The summed E-state index contributed by atoms with van der Waals surface area (Å²) in [6.45, 7) is 0. The van der Waals surface area contributed by atoms with E-state index in [0.29, 0.717) is 10.9 Å². The molecule has 0 amide bonds. The standard InChI is InChI=1S/C8H8N4OS.Na/c1-13-7-5-3-2-4-6(7)12-8(14)9-10-11-12;/h2-5H,1H3,(H,9,11,14);/q;+1/p-1. The van der Waals surface area contributed by atoms with Crippen LogP contribution in [0.25, 0.3) is 5.69 Å². The van der Waals surface area contributed by atoms with Gasteiger partial charge in [0, 0.05) is 5.16 Å². The maximum absolute atomic E-state index is 5.16. The van der Waals surface area contributed by atoms with Crippen LogP contribution < -0.4 is 34.3 Å². The molecule has 15 heavy (non-hydrogen) atoms. The van der Waals surface area contributed by atoms with Crippen molar-refractivity contribution in [2.24, 2.45) is 0 Å². The first-order valence-corrected chi connectivity index (χ1v) is 4.32. The molecular weight excluding hydrogens is 223 g/mol. The molecule has 0 spiro atoms. The van der Waals surface area contributed by atoms with Gasteiger partial charge >= 0.3 is 29.6 Å². The number of ether oxygens (including phenoxy) is 1. The van der Waals surface area contributed by atoms with E-state index < -0.39 is 0 Å². The molecule has 0 fully saturated rings. The molecule has 5 nitrogen and oxygen atoms in total. The SMILES string of the molecule is COc1ccccc1-n1nnnc1[S-].[Na+]. The number of aromatic nitrogens is 4. The molecule has 1 heterocycles. The van der Waals surface area contributed by atoms with E-state index in [2.05, 4.69) is 15.5 Å². The summed E-state index contributed by atoms with van der Waals surface area (Å²) < 4.78 is 6.61. The Hall–Kier alpha value is -0.690. The number of methoxy groups -OCH3 is 1. The molecule has 0 saturated heterocycles. The molecule has 1 aromatic carbocycles. The molecule has 0 bridgehead atoms. The fourth-order valence-electron chi connectivity index (χ4n) is 1.13. The second-order valence-electron chi connectivity index (χ2n) is 2.55. The molecule has 0 radical (unpaired) electrons. The molecule has 72 valence electrons. The van der Waals surface area contributed by atoms with E-state index in [9.17, 15) is 0 Å². The maximum Gasteiger partial charge on any atom is 1.00 e. The summed E-state index contributed by atoms with van der Waals surface area (Å²) in [6.07, 6.45) is 0. The Morgan fingerprint density at radius 1 is 1.33 bits per heavy atom. The fraction of sp³-hybridized carbons (Fsp3) is 0.125. The molecule has 2 rings (SSSR count). The topological polar surface area (TPSA) is 52.8 Å². The van der Waals surface area contributed by atoms with E-state index in [4.69, 9.17) is 17.4 Å². The van der Waals surface area contributed by atoms with Gasteiger partial charge in [-0.25, -0.2) is 4.68 Å². The molecule has 0 aliphatic carbocycles. The predicted octanol–water partition coefficient (Wildman–Crippen LogP) is -2.42. The second kappa shape index (κ2) is 5.41. The molecule has 2 aromatic rings. The Labute approximate surface area is 115 Å². The largest absolute Gasteiger partial charge is 1.00 e. The Bertz CT molecular complexity index is 448. The quantitative estimate of drug-likeness (QED) is 0.424. The Kier molecular flexibility index (Phi) is 4.46. The summed E-state index contributed by atoms with van der Waals surface area (Å²) in [5.41, 5.74) is 0.741. The monoisotopic (exact) mass is 230 g/mol. The molecule has 0 unspecified atom stereocenters. The summed E-state index contributed by atoms with van der Waals surface area (Å²) in [6, 6.07) is 7.40. The van der Waals surface area contributed by atoms with Crippen LogP contribution in [-0.2, 0) is 12.6 Å². The number of hydrogen-bond donors (Lipinski definition) is 0. The zero-order chi connectivity index (χ0) is 9.97. The Balaban J connectivity index is 0.00000112. The third-order valence-electron chi connectivity index (χ3n) is 1.75. The van der Waals surface area contributed by atoms with Crippen molar-refractivity contribution in [2.75, 3.05) is 7.11 Å². The first-order valence-electron chi connectivity index (χ1n) is 3.91. The van der Waals surface area contributed by atoms with Gasteiger partial charge < -0.3 is 17.4 Å². The van der Waals surface area contributed by atoms with E-state index in [0.717, 1.165) is 5.69 Å². The molecule has 0 N–H and O–H groups in total. The molecule has 0 aliphatic heterocycles. The molecule has 0 atom stereocenters. The average Bonchev–Trinajstić information content (AvgIpc) is 2.64. The van der Waals surface area contributed by atoms with Crippen LogP contribution in [0.4, 0.5) is 0 Å². The average molecular weight is 230 g/mol. The van der Waals surface area contributed by atoms with Crippen molar-refractivity contribution in [1.29, 1.82) is 0 Å². The van der Waals surface area contributed by atoms with Gasteiger partial charge in [0.15, 0.2) is 0 Å². The van der Waals surface area contributed by atoms with E-state index in [1.165, 1.54) is 4.68 Å². The van der Waals surface area contributed by atoms with E-state index >= 15 is 0 Å². The fourth-order valence-corrected chi connectivity index (χ4v) is 1.31. The number of nitrogens with zero attached hydrogens (tertiary/aromatic N) is 4. The van der Waals surface area contributed by atoms with Crippen molar-refractivity contribution in [1.82, 2.24) is 20.2 Å². The number of tetrazole rings is 1. The van der Waals surface area contributed by atoms with Crippen molar-refractivity contribution in [2.45, 2.75) is 5.16 Å². The number of hydrogen-bond acceptors (Lipinski definition) is 5. The van der Waals surface area contributed by atoms with Gasteiger partial charge in [-0.3, -0.25) is 0 Å². The number of para-hydroxylation sites is 2. The zero-order valence-corrected chi connectivity index (χ0v) is 11.2. The van der Waals surface area contributed by atoms with Crippen molar-refractivity contribution >= 4 is 12.6 Å². The first-order chi connectivity index (χ1) is 6.83. The third-order valence-corrected chi connectivity index (χ3v) is 2.01. The Morgan fingerprint density at radius 2 is 2.07 bits per heavy atom. The first kappa shape index (κ1) is 12.4. The van der Waals surface area contributed by atoms with Gasteiger partial charge in [-0.2, -0.15) is 0 Å². The van der Waals surface area contributed by atoms with Gasteiger partial charge in [-0.15, -0.1) is 5.10 Å². The van der Waals surface area contributed by atoms with E-state index in [1.54, 1.807) is 7.11 Å². The van der Waals surface area contributed by atoms with Crippen molar-refractivity contribution in [3.63, 3.8) is 0 Å². The van der Waals surface area contributed by atoms with Crippen LogP contribution in [0.1, 0.15) is 0 Å². The van der Waals surface area contributed by atoms with E-state index in [1.807, 2.05) is 24.3 Å². The minimum Gasteiger partial charge on any atom is -0.738 e. The summed E-state index contributed by atoms with van der Waals surface area (Å²) in [5, 5.41) is 11.2. The summed E-state index contributed by atoms with van der Waals surface area (Å²) in [7, 11) is 1.59. The van der Waals surface area contributed by atoms with Gasteiger partial charge in [0.2, 0.25) is 0 Å². The van der Waals surface area contributed by atoms with Gasteiger partial charge in [0.25, 0.3) is 0 Å². The number of rotatable bonds is 2. The molecule has 1 aromatic heterocycles. The number of benzene rings is 1. The zero-order valence-electron chi connectivity index (χ0n) is 8.41. The summed E-state index contributed by atoms with van der Waals surface area (Å²) in [4.78, 5) is 0. The van der Waals surface area contributed by atoms with Crippen LogP contribution in [0.15, 0.2) is 29.4 Å². The van der Waals surface area contributed by atoms with Crippen LogP contribution in [0, 0.1) is 0 Å². The van der Waals surface area contributed by atoms with Crippen LogP contribution >= 0.6 is 0 Å². The molecular formula is C8H7N4NaOS. The molecule has 0 saturated carbocycles. The molecule has 7 heteroatoms. The van der Waals surface area contributed by atoms with E-state index in [-0.39, 0.29) is 29.6 Å². The normalized spacial score (nSPS) is 9.40. The third kappa shape index (κ3) is 2.46. The second-order valence-corrected chi connectivity index (χ2v) is 2.91. The maximum atomic E-state index is 5.16. The molecule has 0 aliphatic rings. The van der Waals surface area contributed by atoms with Crippen LogP contribution in [-0.4, -0.2) is 27.3 Å². The summed E-state index contributed by atoms with van der Waals surface area (Å²) in [5.74, 6) is 0.686. The minimum atomic E-state index is 0. The predicted molar refractivity (Wildman–Crippen MR) is 51.3 cm³/mol. The van der Waals surface area contributed by atoms with Gasteiger partial charge in [0.1, 0.15) is 11.4 Å². The van der Waals surface area contributed by atoms with Crippen LogP contribution in [0.3, 0.4) is 0 Å². The van der Waals surface area contributed by atoms with Gasteiger partial charge in [0.05, 0.1) is 7.11 Å². The van der Waals surface area contributed by atoms with Crippen molar-refractivity contribution < 1.29 is 34.3 Å². The van der Waals surface area contributed by atoms with Crippen LogP contribution in [0.5, 0.6) is 5.75 Å². The Morgan fingerprint density at radius 3 is 2.67 bits per heavy atom. The summed E-state index contributed by atoms with van der Waals surface area (Å²) >= 11 is 4.95.